The molecule has 2 saturated heterocycles. The van der Waals surface area contributed by atoms with Gasteiger partial charge < -0.3 is 24.1 Å². The van der Waals surface area contributed by atoms with Gasteiger partial charge in [0.1, 0.15) is 40.6 Å². The first-order valence-corrected chi connectivity index (χ1v) is 35.2. The summed E-state index contributed by atoms with van der Waals surface area (Å²) in [4.78, 5) is 16.2. The van der Waals surface area contributed by atoms with Crippen LogP contribution >= 0.6 is 0 Å². The molecule has 2 saturated carbocycles. The van der Waals surface area contributed by atoms with Gasteiger partial charge in [0, 0.05) is 97.7 Å². The minimum Gasteiger partial charge on any atom is -0.476 e. The second-order valence-electron chi connectivity index (χ2n) is 25.0. The molecule has 4 aromatic carbocycles. The number of aliphatic hydroxyl groups is 1. The lowest BCUT2D eigenvalue weighted by atomic mass is 9.56. The average Bonchev–Trinajstić information content (AvgIpc) is 1.60. The van der Waals surface area contributed by atoms with Crippen molar-refractivity contribution in [3.63, 3.8) is 0 Å². The molecule has 452 valence electrons. The van der Waals surface area contributed by atoms with Crippen molar-refractivity contribution in [2.24, 2.45) is 0 Å². The Morgan fingerprint density at radius 2 is 1.04 bits per heavy atom. The molecular formula is C62H76F4N6O9S2Si. The third-order valence-corrected chi connectivity index (χ3v) is 23.3. The second-order valence-corrected chi connectivity index (χ2v) is 34.8. The quantitative estimate of drug-likeness (QED) is 0.0330. The van der Waals surface area contributed by atoms with Gasteiger partial charge in [0.25, 0.3) is 0 Å². The molecule has 0 amide bonds. The van der Waals surface area contributed by atoms with E-state index in [4.69, 9.17) is 18.9 Å². The van der Waals surface area contributed by atoms with Crippen LogP contribution in [0.1, 0.15) is 123 Å². The van der Waals surface area contributed by atoms with Gasteiger partial charge in [-0.3, -0.25) is 9.97 Å². The average molecular weight is 1220 g/mol. The van der Waals surface area contributed by atoms with Crippen LogP contribution in [0.4, 0.5) is 17.6 Å². The minimum atomic E-state index is -3.82. The van der Waals surface area contributed by atoms with E-state index >= 15 is 17.6 Å². The summed E-state index contributed by atoms with van der Waals surface area (Å²) in [6.45, 7) is 14.2. The van der Waals surface area contributed by atoms with E-state index in [0.29, 0.717) is 56.3 Å². The maximum Gasteiger partial charge on any atom is 0.232 e. The van der Waals surface area contributed by atoms with Crippen LogP contribution in [0.5, 0.6) is 11.8 Å². The van der Waals surface area contributed by atoms with E-state index in [1.54, 1.807) is 50.2 Å². The van der Waals surface area contributed by atoms with Gasteiger partial charge in [-0.15, -0.1) is 0 Å². The maximum absolute atomic E-state index is 16.1. The molecule has 4 aliphatic rings. The van der Waals surface area contributed by atoms with Crippen molar-refractivity contribution in [1.29, 1.82) is 0 Å². The number of benzene rings is 4. The molecule has 0 radical (unpaired) electrons. The second kappa shape index (κ2) is 25.3. The van der Waals surface area contributed by atoms with Crippen molar-refractivity contribution in [2.75, 3.05) is 26.6 Å². The fourth-order valence-corrected chi connectivity index (χ4v) is 17.8. The highest BCUT2D eigenvalue weighted by Crippen LogP contribution is 2.54. The number of hydrogen-bond acceptors (Lipinski definition) is 13. The number of hydrogen-bond donors (Lipinski definition) is 1. The van der Waals surface area contributed by atoms with Crippen LogP contribution in [-0.4, -0.2) is 108 Å². The lowest BCUT2D eigenvalue weighted by Gasteiger charge is -2.54. The molecule has 2 aliphatic carbocycles. The first-order chi connectivity index (χ1) is 39.7. The summed E-state index contributed by atoms with van der Waals surface area (Å²) in [5.74, 6) is -2.12. The summed E-state index contributed by atoms with van der Waals surface area (Å²) in [6, 6.07) is 22.9. The molecule has 84 heavy (non-hydrogen) atoms. The fourth-order valence-electron chi connectivity index (χ4n) is 12.7. The summed E-state index contributed by atoms with van der Waals surface area (Å²) in [6.07, 6.45) is 12.1. The molecule has 6 aromatic rings. The predicted octanol–water partition coefficient (Wildman–Crippen LogP) is 11.7. The largest absolute Gasteiger partial charge is 0.476 e. The molecule has 22 heteroatoms. The fraction of sp³-hybridized carbons (Fsp3) is 0.484. The van der Waals surface area contributed by atoms with Crippen molar-refractivity contribution >= 4 is 28.1 Å². The highest BCUT2D eigenvalue weighted by molar-refractivity contribution is 7.89. The number of sulfonamides is 2. The first kappa shape index (κ1) is 62.8. The molecule has 1 N–H and O–H groups in total. The van der Waals surface area contributed by atoms with E-state index in [0.717, 1.165) is 24.2 Å². The summed E-state index contributed by atoms with van der Waals surface area (Å²) >= 11 is 0. The van der Waals surface area contributed by atoms with Crippen molar-refractivity contribution < 1.29 is 58.5 Å². The Kier molecular flexibility index (Phi) is 18.9. The molecule has 2 aliphatic heterocycles. The van der Waals surface area contributed by atoms with Gasteiger partial charge in [0.2, 0.25) is 31.8 Å². The maximum atomic E-state index is 16.1. The van der Waals surface area contributed by atoms with Gasteiger partial charge >= 0.3 is 0 Å². The van der Waals surface area contributed by atoms with E-state index in [9.17, 15) is 21.9 Å². The Hall–Kier alpha value is -5.72. The Balaban J connectivity index is 0.000000205. The summed E-state index contributed by atoms with van der Waals surface area (Å²) < 4.78 is 144. The van der Waals surface area contributed by atoms with Crippen LogP contribution in [0.2, 0.25) is 25.7 Å². The molecule has 4 atom stereocenters. The monoisotopic (exact) mass is 1220 g/mol. The Morgan fingerprint density at radius 3 is 1.43 bits per heavy atom. The highest BCUT2D eigenvalue weighted by atomic mass is 32.2. The predicted molar refractivity (Wildman–Crippen MR) is 313 cm³/mol. The number of rotatable bonds is 20. The molecular weight excluding hydrogens is 1140 g/mol. The van der Waals surface area contributed by atoms with E-state index in [2.05, 4.69) is 39.6 Å². The molecule has 10 rings (SSSR count). The van der Waals surface area contributed by atoms with Crippen LogP contribution in [0.3, 0.4) is 0 Å². The summed E-state index contributed by atoms with van der Waals surface area (Å²) in [7, 11) is -8.86. The molecule has 4 fully saturated rings. The zero-order chi connectivity index (χ0) is 60.3. The van der Waals surface area contributed by atoms with Crippen LogP contribution in [0.15, 0.2) is 122 Å². The van der Waals surface area contributed by atoms with Crippen LogP contribution in [0, 0.1) is 23.3 Å². The van der Waals surface area contributed by atoms with Crippen molar-refractivity contribution in [3.05, 3.63) is 179 Å². The summed E-state index contributed by atoms with van der Waals surface area (Å²) in [5, 5.41) is 9.01. The number of aromatic nitrogens is 4. The van der Waals surface area contributed by atoms with Crippen molar-refractivity contribution in [1.82, 2.24) is 28.5 Å². The Morgan fingerprint density at radius 1 is 0.607 bits per heavy atom. The van der Waals surface area contributed by atoms with E-state index < -0.39 is 83.9 Å². The number of halogens is 4. The highest BCUT2D eigenvalue weighted by Gasteiger charge is 2.57. The van der Waals surface area contributed by atoms with Crippen LogP contribution < -0.4 is 9.47 Å². The third kappa shape index (κ3) is 14.2. The third-order valence-electron chi connectivity index (χ3n) is 16.9. The smallest absolute Gasteiger partial charge is 0.232 e. The molecule has 4 heterocycles. The minimum absolute atomic E-state index is 0.00971. The zero-order valence-corrected chi connectivity index (χ0v) is 51.3. The lowest BCUT2D eigenvalue weighted by molar-refractivity contribution is -0.193. The van der Waals surface area contributed by atoms with Crippen LogP contribution in [0.25, 0.3) is 0 Å². The van der Waals surface area contributed by atoms with Gasteiger partial charge in [-0.2, -0.15) is 8.61 Å². The van der Waals surface area contributed by atoms with E-state index in [1.807, 2.05) is 38.1 Å². The Labute approximate surface area is 492 Å². The zero-order valence-electron chi connectivity index (χ0n) is 48.7. The van der Waals surface area contributed by atoms with Gasteiger partial charge in [0.15, 0.2) is 0 Å². The van der Waals surface area contributed by atoms with Gasteiger partial charge in [0.05, 0.1) is 36.8 Å². The van der Waals surface area contributed by atoms with Crippen LogP contribution in [-0.2, 0) is 53.4 Å². The van der Waals surface area contributed by atoms with E-state index in [1.165, 1.54) is 51.9 Å². The first-order valence-electron chi connectivity index (χ1n) is 28.5. The molecule has 15 nitrogen and oxygen atoms in total. The van der Waals surface area contributed by atoms with E-state index in [-0.39, 0.29) is 92.0 Å². The molecule has 0 unspecified atom stereocenters. The van der Waals surface area contributed by atoms with Gasteiger partial charge in [-0.1, -0.05) is 80.3 Å². The molecule has 2 aromatic heterocycles. The SMILES string of the molecule is C[C@H]1CC[C@H](c2ccccc2)S(=O)(=O)N1Cc1cc(F)c(C2(COc3cnccn3)CC(C)(O)C2)cc1F.C[C@H]1CC[C@H](c2ccccc2)S(=O)(=O)N1Cc1cc(F)c(C2(COc3cnccn3)CC(C)(OCOCC[Si](C)(C)C)C2)cc1F. The Bertz CT molecular complexity index is 3440. The van der Waals surface area contributed by atoms with Gasteiger partial charge in [-0.05, 0) is 120 Å². The van der Waals surface area contributed by atoms with Crippen molar-refractivity contribution in [2.45, 2.75) is 162 Å². The number of ether oxygens (including phenoxy) is 4. The molecule has 0 spiro atoms. The van der Waals surface area contributed by atoms with Crippen molar-refractivity contribution in [3.8, 4) is 11.8 Å². The standard InChI is InChI=1S/C34H45F2N3O5SSi.C28H31F2N3O4S/c1-25-11-12-31(26-9-7-6-8-10-26)45(40,41)39(25)20-27-17-30(36)28(18-29(27)35)34(23-43-32-19-37-13-14-38-32)21-33(2,22-34)44-24-42-15-16-46(3,4)5;1-19-8-9-25(20-6-4-3-5-7-20)38(35,36)33(19)15-21-12-24(30)22(13-23(21)29)28(16-27(2,34)17-28)18-37-26-14-31-10-11-32-26/h6-10,13-14,17-19,25,31H,11-12,15-16,20-24H2,1-5H3;3-7,10-14,19,25,34H,8-9,15-18H2,1-2H3/t25-,31+,33?,34?;19-,25+,27?,28?/m00/s1. The topological polar surface area (TPSA) is 183 Å². The van der Waals surface area contributed by atoms with Gasteiger partial charge in [-0.25, -0.2) is 44.4 Å². The molecule has 0 bridgehead atoms. The normalized spacial score (nSPS) is 27.6. The lowest BCUT2D eigenvalue weighted by Crippen LogP contribution is -2.58. The summed E-state index contributed by atoms with van der Waals surface area (Å²) in [5.41, 5.74) is -1.95. The number of nitrogens with zero attached hydrogens (tertiary/aromatic N) is 6.